The molecule has 23 heavy (non-hydrogen) atoms. The summed E-state index contributed by atoms with van der Waals surface area (Å²) in [6.07, 6.45) is 4.18. The van der Waals surface area contributed by atoms with E-state index in [0.717, 1.165) is 25.7 Å². The lowest BCUT2D eigenvalue weighted by Crippen LogP contribution is -2.40. The third-order valence-electron chi connectivity index (χ3n) is 4.03. The zero-order chi connectivity index (χ0) is 16.3. The van der Waals surface area contributed by atoms with Crippen molar-refractivity contribution in [1.29, 1.82) is 0 Å². The van der Waals surface area contributed by atoms with E-state index in [0.29, 0.717) is 24.6 Å². The van der Waals surface area contributed by atoms with Crippen LogP contribution in [-0.2, 0) is 14.8 Å². The van der Waals surface area contributed by atoms with E-state index in [4.69, 9.17) is 9.47 Å². The number of benzene rings is 1. The molecule has 2 heterocycles. The van der Waals surface area contributed by atoms with Crippen molar-refractivity contribution in [3.8, 4) is 11.5 Å². The van der Waals surface area contributed by atoms with E-state index in [-0.39, 0.29) is 24.1 Å². The molecule has 2 aliphatic rings. The molecular weight excluding hydrogens is 320 g/mol. The summed E-state index contributed by atoms with van der Waals surface area (Å²) in [6, 6.07) is 4.39. The van der Waals surface area contributed by atoms with Crippen LogP contribution in [-0.4, -0.2) is 45.7 Å². The van der Waals surface area contributed by atoms with Crippen LogP contribution in [0.3, 0.4) is 0 Å². The van der Waals surface area contributed by atoms with E-state index in [2.05, 4.69) is 4.72 Å². The van der Waals surface area contributed by atoms with Gasteiger partial charge >= 0.3 is 0 Å². The summed E-state index contributed by atoms with van der Waals surface area (Å²) >= 11 is 0. The number of nitrogens with zero attached hydrogens (tertiary/aromatic N) is 1. The molecule has 0 aliphatic carbocycles. The highest BCUT2D eigenvalue weighted by Crippen LogP contribution is 2.33. The number of hydrogen-bond acceptors (Lipinski definition) is 5. The van der Waals surface area contributed by atoms with E-state index in [1.165, 1.54) is 12.1 Å². The SMILES string of the molecule is O=C(CNS(=O)(=O)c1ccc2c(c1)OCO2)N1CCCCCC1. The number of nitrogens with one attached hydrogen (secondary N) is 1. The molecule has 1 amide bonds. The lowest BCUT2D eigenvalue weighted by Gasteiger charge is -2.20. The molecule has 1 aromatic rings. The van der Waals surface area contributed by atoms with Gasteiger partial charge in [0.2, 0.25) is 22.7 Å². The van der Waals surface area contributed by atoms with Gasteiger partial charge in [0, 0.05) is 19.2 Å². The average molecular weight is 340 g/mol. The van der Waals surface area contributed by atoms with Crippen molar-refractivity contribution in [1.82, 2.24) is 9.62 Å². The Morgan fingerprint density at radius 2 is 1.78 bits per heavy atom. The van der Waals surface area contributed by atoms with Gasteiger partial charge in [-0.05, 0) is 25.0 Å². The first-order chi connectivity index (χ1) is 11.1. The molecule has 1 saturated heterocycles. The molecule has 1 fully saturated rings. The lowest BCUT2D eigenvalue weighted by molar-refractivity contribution is -0.129. The monoisotopic (exact) mass is 340 g/mol. The van der Waals surface area contributed by atoms with E-state index in [1.807, 2.05) is 0 Å². The Balaban J connectivity index is 1.63. The highest BCUT2D eigenvalue weighted by molar-refractivity contribution is 7.89. The van der Waals surface area contributed by atoms with Gasteiger partial charge in [-0.25, -0.2) is 13.1 Å². The van der Waals surface area contributed by atoms with Gasteiger partial charge in [0.1, 0.15) is 0 Å². The first-order valence-corrected chi connectivity index (χ1v) is 9.22. The van der Waals surface area contributed by atoms with Gasteiger partial charge in [-0.1, -0.05) is 12.8 Å². The summed E-state index contributed by atoms with van der Waals surface area (Å²) in [7, 11) is -3.76. The van der Waals surface area contributed by atoms with Gasteiger partial charge in [-0.3, -0.25) is 4.79 Å². The Morgan fingerprint density at radius 1 is 1.09 bits per heavy atom. The highest BCUT2D eigenvalue weighted by Gasteiger charge is 2.22. The Kier molecular flexibility index (Phi) is 4.72. The second-order valence-electron chi connectivity index (χ2n) is 5.63. The maximum Gasteiger partial charge on any atom is 0.241 e. The largest absolute Gasteiger partial charge is 0.454 e. The molecule has 7 nitrogen and oxygen atoms in total. The third-order valence-corrected chi connectivity index (χ3v) is 5.43. The molecule has 0 radical (unpaired) electrons. The average Bonchev–Trinajstić information content (AvgIpc) is 2.84. The zero-order valence-electron chi connectivity index (χ0n) is 12.8. The first-order valence-electron chi connectivity index (χ1n) is 7.73. The predicted octanol–water partition coefficient (Wildman–Crippen LogP) is 1.10. The minimum Gasteiger partial charge on any atom is -0.454 e. The van der Waals surface area contributed by atoms with Crippen molar-refractivity contribution in [2.45, 2.75) is 30.6 Å². The van der Waals surface area contributed by atoms with Gasteiger partial charge in [0.25, 0.3) is 0 Å². The summed E-state index contributed by atoms with van der Waals surface area (Å²) in [5, 5.41) is 0. The fourth-order valence-electron chi connectivity index (χ4n) is 2.72. The second kappa shape index (κ2) is 6.76. The minimum absolute atomic E-state index is 0.0606. The van der Waals surface area contributed by atoms with E-state index in [1.54, 1.807) is 11.0 Å². The number of fused-ring (bicyclic) bond motifs is 1. The minimum atomic E-state index is -3.76. The van der Waals surface area contributed by atoms with Crippen LogP contribution in [0.5, 0.6) is 11.5 Å². The van der Waals surface area contributed by atoms with Crippen LogP contribution >= 0.6 is 0 Å². The smallest absolute Gasteiger partial charge is 0.241 e. The molecule has 126 valence electrons. The van der Waals surface area contributed by atoms with E-state index in [9.17, 15) is 13.2 Å². The molecule has 0 saturated carbocycles. The number of likely N-dealkylation sites (tertiary alicyclic amines) is 1. The molecule has 1 N–H and O–H groups in total. The van der Waals surface area contributed by atoms with Crippen molar-refractivity contribution in [2.75, 3.05) is 26.4 Å². The molecule has 3 rings (SSSR count). The topological polar surface area (TPSA) is 84.9 Å². The van der Waals surface area contributed by atoms with Crippen LogP contribution in [0.4, 0.5) is 0 Å². The fraction of sp³-hybridized carbons (Fsp3) is 0.533. The highest BCUT2D eigenvalue weighted by atomic mass is 32.2. The van der Waals surface area contributed by atoms with Crippen molar-refractivity contribution in [3.63, 3.8) is 0 Å². The molecule has 0 spiro atoms. The molecule has 0 atom stereocenters. The van der Waals surface area contributed by atoms with E-state index >= 15 is 0 Å². The van der Waals surface area contributed by atoms with Crippen LogP contribution in [0.25, 0.3) is 0 Å². The Hall–Kier alpha value is -1.80. The van der Waals surface area contributed by atoms with Gasteiger partial charge in [-0.15, -0.1) is 0 Å². The maximum absolute atomic E-state index is 12.3. The standard InChI is InChI=1S/C15H20N2O5S/c18-15(17-7-3-1-2-4-8-17)10-16-23(19,20)12-5-6-13-14(9-12)22-11-21-13/h5-6,9,16H,1-4,7-8,10-11H2. The molecule has 8 heteroatoms. The Morgan fingerprint density at radius 3 is 2.52 bits per heavy atom. The number of amides is 1. The Bertz CT molecular complexity index is 681. The maximum atomic E-state index is 12.3. The van der Waals surface area contributed by atoms with Gasteiger partial charge < -0.3 is 14.4 Å². The van der Waals surface area contributed by atoms with Crippen LogP contribution in [0.15, 0.2) is 23.1 Å². The van der Waals surface area contributed by atoms with Crippen molar-refractivity contribution >= 4 is 15.9 Å². The van der Waals surface area contributed by atoms with Crippen molar-refractivity contribution in [3.05, 3.63) is 18.2 Å². The normalized spacial score (nSPS) is 17.8. The second-order valence-corrected chi connectivity index (χ2v) is 7.40. The summed E-state index contributed by atoms with van der Waals surface area (Å²) < 4.78 is 37.3. The molecular formula is C15H20N2O5S. The first kappa shape index (κ1) is 16.1. The van der Waals surface area contributed by atoms with Crippen molar-refractivity contribution in [2.24, 2.45) is 0 Å². The van der Waals surface area contributed by atoms with Gasteiger partial charge in [0.15, 0.2) is 11.5 Å². The van der Waals surface area contributed by atoms with Crippen molar-refractivity contribution < 1.29 is 22.7 Å². The lowest BCUT2D eigenvalue weighted by atomic mass is 10.2. The quantitative estimate of drug-likeness (QED) is 0.887. The van der Waals surface area contributed by atoms with Crippen LogP contribution in [0.1, 0.15) is 25.7 Å². The van der Waals surface area contributed by atoms with Crippen LogP contribution in [0.2, 0.25) is 0 Å². The molecule has 2 aliphatic heterocycles. The van der Waals surface area contributed by atoms with Gasteiger partial charge in [-0.2, -0.15) is 0 Å². The Labute approximate surface area is 135 Å². The van der Waals surface area contributed by atoms with Gasteiger partial charge in [0.05, 0.1) is 11.4 Å². The predicted molar refractivity (Wildman–Crippen MR) is 82.8 cm³/mol. The summed E-state index contributed by atoms with van der Waals surface area (Å²) in [4.78, 5) is 14.0. The number of carbonyl (C=O) groups is 1. The fourth-order valence-corrected chi connectivity index (χ4v) is 3.71. The summed E-state index contributed by atoms with van der Waals surface area (Å²) in [5.41, 5.74) is 0. The van der Waals surface area contributed by atoms with Crippen LogP contribution < -0.4 is 14.2 Å². The summed E-state index contributed by atoms with van der Waals surface area (Å²) in [5.74, 6) is 0.729. The number of ether oxygens (including phenoxy) is 2. The number of carbonyl (C=O) groups excluding carboxylic acids is 1. The van der Waals surface area contributed by atoms with Crippen LogP contribution in [0, 0.1) is 0 Å². The molecule has 1 aromatic carbocycles. The number of hydrogen-bond donors (Lipinski definition) is 1. The number of sulfonamides is 1. The van der Waals surface area contributed by atoms with E-state index < -0.39 is 10.0 Å². The molecule has 0 unspecified atom stereocenters. The summed E-state index contributed by atoms with van der Waals surface area (Å²) in [6.45, 7) is 1.26. The zero-order valence-corrected chi connectivity index (χ0v) is 13.6. The number of rotatable bonds is 4. The third kappa shape index (κ3) is 3.76. The molecule has 0 aromatic heterocycles. The molecule has 0 bridgehead atoms.